The Morgan fingerprint density at radius 1 is 1.32 bits per heavy atom. The molecule has 3 rings (SSSR count). The number of ether oxygens (including phenoxy) is 1. The van der Waals surface area contributed by atoms with Crippen LogP contribution >= 0.6 is 0 Å². The van der Waals surface area contributed by atoms with E-state index < -0.39 is 0 Å². The molecular weight excluding hydrogens is 356 g/mol. The number of hydrogen-bond donors (Lipinski definition) is 2. The zero-order valence-corrected chi connectivity index (χ0v) is 16.9. The molecule has 7 heteroatoms. The first-order valence-electron chi connectivity index (χ1n) is 10.2. The van der Waals surface area contributed by atoms with Gasteiger partial charge in [-0.05, 0) is 48.9 Å². The number of carbonyl (C=O) groups is 2. The van der Waals surface area contributed by atoms with E-state index in [1.165, 1.54) is 12.8 Å². The van der Waals surface area contributed by atoms with Crippen molar-refractivity contribution in [3.63, 3.8) is 0 Å². The lowest BCUT2D eigenvalue weighted by Crippen LogP contribution is -2.50. The standard InChI is InChI=1S/C21H32N4O3/c1-15(2)12-24(13-16-3-4-16)19(11-22)21(27)23-17-5-7-18(8-6-17)25-9-10-28-14-20(25)26/h5-8,15-16,19H,3-4,9-14,22H2,1-2H3,(H,23,27)/t19-/m1/s1. The van der Waals surface area contributed by atoms with Gasteiger partial charge in [-0.3, -0.25) is 14.5 Å². The highest BCUT2D eigenvalue weighted by atomic mass is 16.5. The fraction of sp³-hybridized carbons (Fsp3) is 0.619. The highest BCUT2D eigenvalue weighted by Crippen LogP contribution is 2.30. The first-order valence-corrected chi connectivity index (χ1v) is 10.2. The quantitative estimate of drug-likeness (QED) is 0.672. The Bertz CT molecular complexity index is 669. The van der Waals surface area contributed by atoms with Gasteiger partial charge < -0.3 is 20.7 Å². The van der Waals surface area contributed by atoms with E-state index in [1.807, 2.05) is 24.3 Å². The van der Waals surface area contributed by atoms with Gasteiger partial charge in [0.2, 0.25) is 5.91 Å². The Labute approximate surface area is 167 Å². The zero-order chi connectivity index (χ0) is 20.1. The van der Waals surface area contributed by atoms with E-state index in [0.717, 1.165) is 18.8 Å². The van der Waals surface area contributed by atoms with Crippen LogP contribution in [-0.4, -0.2) is 62.1 Å². The molecule has 1 saturated heterocycles. The molecule has 28 heavy (non-hydrogen) atoms. The van der Waals surface area contributed by atoms with Crippen molar-refractivity contribution in [3.8, 4) is 0 Å². The van der Waals surface area contributed by atoms with Gasteiger partial charge in [-0.25, -0.2) is 0 Å². The Morgan fingerprint density at radius 3 is 2.61 bits per heavy atom. The van der Waals surface area contributed by atoms with Gasteiger partial charge in [-0.15, -0.1) is 0 Å². The summed E-state index contributed by atoms with van der Waals surface area (Å²) in [5.74, 6) is 1.06. The van der Waals surface area contributed by atoms with Gasteiger partial charge in [0.15, 0.2) is 0 Å². The Kier molecular flexibility index (Phi) is 7.04. The minimum atomic E-state index is -0.330. The number of hydrogen-bond acceptors (Lipinski definition) is 5. The van der Waals surface area contributed by atoms with E-state index in [0.29, 0.717) is 37.2 Å². The molecule has 1 aliphatic heterocycles. The SMILES string of the molecule is CC(C)CN(CC1CC1)[C@H](CN)C(=O)Nc1ccc(N2CCOCC2=O)cc1. The van der Waals surface area contributed by atoms with Crippen LogP contribution in [0.15, 0.2) is 24.3 Å². The van der Waals surface area contributed by atoms with Gasteiger partial charge in [0.05, 0.1) is 6.61 Å². The largest absolute Gasteiger partial charge is 0.370 e. The number of rotatable bonds is 9. The first kappa shape index (κ1) is 20.8. The summed E-state index contributed by atoms with van der Waals surface area (Å²) in [4.78, 5) is 28.8. The molecule has 0 spiro atoms. The van der Waals surface area contributed by atoms with Crippen molar-refractivity contribution in [1.82, 2.24) is 4.90 Å². The summed E-state index contributed by atoms with van der Waals surface area (Å²) in [6.07, 6.45) is 2.49. The number of nitrogens with two attached hydrogens (primary N) is 1. The molecule has 0 unspecified atom stereocenters. The molecule has 1 heterocycles. The van der Waals surface area contributed by atoms with E-state index in [-0.39, 0.29) is 24.5 Å². The summed E-state index contributed by atoms with van der Waals surface area (Å²) in [5, 5.41) is 2.99. The lowest BCUT2D eigenvalue weighted by Gasteiger charge is -2.31. The summed E-state index contributed by atoms with van der Waals surface area (Å²) in [6.45, 7) is 7.62. The molecule has 2 amide bonds. The predicted octanol–water partition coefficient (Wildman–Crippen LogP) is 1.68. The van der Waals surface area contributed by atoms with Crippen LogP contribution in [0, 0.1) is 11.8 Å². The van der Waals surface area contributed by atoms with Gasteiger partial charge >= 0.3 is 0 Å². The van der Waals surface area contributed by atoms with Gasteiger partial charge in [-0.2, -0.15) is 0 Å². The molecule has 1 aromatic carbocycles. The second kappa shape index (κ2) is 9.49. The minimum absolute atomic E-state index is 0.0457. The molecule has 7 nitrogen and oxygen atoms in total. The number of anilines is 2. The molecule has 154 valence electrons. The van der Waals surface area contributed by atoms with Crippen LogP contribution in [0.5, 0.6) is 0 Å². The van der Waals surface area contributed by atoms with Crippen molar-refractivity contribution in [2.45, 2.75) is 32.7 Å². The van der Waals surface area contributed by atoms with Crippen molar-refractivity contribution in [1.29, 1.82) is 0 Å². The number of morpholine rings is 1. The summed E-state index contributed by atoms with van der Waals surface area (Å²) in [6, 6.07) is 7.04. The minimum Gasteiger partial charge on any atom is -0.370 e. The van der Waals surface area contributed by atoms with Crippen molar-refractivity contribution in [2.75, 3.05) is 49.6 Å². The van der Waals surface area contributed by atoms with E-state index in [2.05, 4.69) is 24.1 Å². The Hall–Kier alpha value is -1.96. The van der Waals surface area contributed by atoms with Crippen molar-refractivity contribution < 1.29 is 14.3 Å². The Morgan fingerprint density at radius 2 is 2.04 bits per heavy atom. The van der Waals surface area contributed by atoms with Crippen LogP contribution in [0.4, 0.5) is 11.4 Å². The van der Waals surface area contributed by atoms with Crippen LogP contribution in [0.25, 0.3) is 0 Å². The highest BCUT2D eigenvalue weighted by Gasteiger charge is 2.31. The zero-order valence-electron chi connectivity index (χ0n) is 16.9. The fourth-order valence-electron chi connectivity index (χ4n) is 3.59. The van der Waals surface area contributed by atoms with Crippen LogP contribution in [0.3, 0.4) is 0 Å². The van der Waals surface area contributed by atoms with E-state index >= 15 is 0 Å². The molecule has 0 aromatic heterocycles. The number of nitrogens with one attached hydrogen (secondary N) is 1. The summed E-state index contributed by atoms with van der Waals surface area (Å²) in [7, 11) is 0. The molecular formula is C21H32N4O3. The molecule has 3 N–H and O–H groups in total. The number of carbonyl (C=O) groups excluding carboxylic acids is 2. The van der Waals surface area contributed by atoms with Gasteiger partial charge in [-0.1, -0.05) is 13.8 Å². The smallest absolute Gasteiger partial charge is 0.253 e. The molecule has 2 aliphatic rings. The third-order valence-corrected chi connectivity index (χ3v) is 5.19. The van der Waals surface area contributed by atoms with Gasteiger partial charge in [0.25, 0.3) is 5.91 Å². The monoisotopic (exact) mass is 388 g/mol. The second-order valence-corrected chi connectivity index (χ2v) is 8.18. The van der Waals surface area contributed by atoms with Crippen molar-refractivity contribution in [2.24, 2.45) is 17.6 Å². The van der Waals surface area contributed by atoms with Crippen molar-refractivity contribution in [3.05, 3.63) is 24.3 Å². The molecule has 1 saturated carbocycles. The maximum absolute atomic E-state index is 12.9. The van der Waals surface area contributed by atoms with Gasteiger partial charge in [0, 0.05) is 37.6 Å². The topological polar surface area (TPSA) is 87.9 Å². The number of amides is 2. The van der Waals surface area contributed by atoms with Crippen LogP contribution in [0.2, 0.25) is 0 Å². The average molecular weight is 389 g/mol. The normalized spacial score (nSPS) is 18.6. The average Bonchev–Trinajstić information content (AvgIpc) is 3.47. The van der Waals surface area contributed by atoms with Crippen LogP contribution < -0.4 is 16.0 Å². The van der Waals surface area contributed by atoms with Crippen LogP contribution in [-0.2, 0) is 14.3 Å². The summed E-state index contributed by atoms with van der Waals surface area (Å²) in [5.41, 5.74) is 7.51. The van der Waals surface area contributed by atoms with Gasteiger partial charge in [0.1, 0.15) is 12.6 Å². The molecule has 1 aliphatic carbocycles. The predicted molar refractivity (Wildman–Crippen MR) is 110 cm³/mol. The third-order valence-electron chi connectivity index (χ3n) is 5.19. The summed E-state index contributed by atoms with van der Waals surface area (Å²) >= 11 is 0. The Balaban J connectivity index is 1.63. The lowest BCUT2D eigenvalue weighted by atomic mass is 10.1. The molecule has 0 bridgehead atoms. The van der Waals surface area contributed by atoms with Crippen LogP contribution in [0.1, 0.15) is 26.7 Å². The lowest BCUT2D eigenvalue weighted by molar-refractivity contribution is -0.125. The highest BCUT2D eigenvalue weighted by molar-refractivity contribution is 5.97. The first-order chi connectivity index (χ1) is 13.5. The molecule has 1 atom stereocenters. The fourth-order valence-corrected chi connectivity index (χ4v) is 3.59. The van der Waals surface area contributed by atoms with E-state index in [9.17, 15) is 9.59 Å². The second-order valence-electron chi connectivity index (χ2n) is 8.18. The van der Waals surface area contributed by atoms with E-state index in [1.54, 1.807) is 4.90 Å². The maximum atomic E-state index is 12.9. The summed E-state index contributed by atoms with van der Waals surface area (Å²) < 4.78 is 5.17. The van der Waals surface area contributed by atoms with E-state index in [4.69, 9.17) is 10.5 Å². The molecule has 2 fully saturated rings. The number of nitrogens with zero attached hydrogens (tertiary/aromatic N) is 2. The molecule has 1 aromatic rings. The maximum Gasteiger partial charge on any atom is 0.253 e. The molecule has 0 radical (unpaired) electrons. The van der Waals surface area contributed by atoms with Crippen molar-refractivity contribution >= 4 is 23.2 Å². The number of benzene rings is 1. The third kappa shape index (κ3) is 5.53.